The van der Waals surface area contributed by atoms with E-state index in [1.54, 1.807) is 18.0 Å². The number of carbonyl (C=O) groups is 1. The van der Waals surface area contributed by atoms with Crippen molar-refractivity contribution in [2.45, 2.75) is 0 Å². The van der Waals surface area contributed by atoms with Crippen molar-refractivity contribution in [1.82, 2.24) is 9.88 Å². The summed E-state index contributed by atoms with van der Waals surface area (Å²) in [4.78, 5) is 17.0. The van der Waals surface area contributed by atoms with Crippen molar-refractivity contribution in [3.8, 4) is 0 Å². The number of rotatable bonds is 3. The van der Waals surface area contributed by atoms with E-state index in [-0.39, 0.29) is 5.91 Å². The molecule has 0 unspecified atom stereocenters. The van der Waals surface area contributed by atoms with Gasteiger partial charge in [0.05, 0.1) is 0 Å². The topological polar surface area (TPSA) is 59.2 Å². The molecule has 0 aromatic carbocycles. The molecule has 0 saturated carbocycles. The van der Waals surface area contributed by atoms with Crippen LogP contribution in [0.3, 0.4) is 0 Å². The fourth-order valence-corrected chi connectivity index (χ4v) is 1.22. The minimum atomic E-state index is -0.0975. The van der Waals surface area contributed by atoms with Gasteiger partial charge in [0, 0.05) is 31.9 Å². The van der Waals surface area contributed by atoms with E-state index in [2.05, 4.69) is 4.98 Å². The van der Waals surface area contributed by atoms with Crippen molar-refractivity contribution in [1.29, 1.82) is 0 Å². The molecule has 14 heavy (non-hydrogen) atoms. The van der Waals surface area contributed by atoms with Crippen LogP contribution in [0.4, 0.5) is 0 Å². The number of nitrogens with zero attached hydrogens (tertiary/aromatic N) is 2. The van der Waals surface area contributed by atoms with E-state index in [0.29, 0.717) is 23.8 Å². The standard InChI is InChI=1S/C9H12ClN3O/c1-13(5-3-11)9(14)7-2-4-12-8(10)6-7/h2,4,6H,3,5,11H2,1H3. The molecule has 1 aromatic heterocycles. The Morgan fingerprint density at radius 2 is 2.43 bits per heavy atom. The first-order valence-electron chi connectivity index (χ1n) is 4.22. The molecule has 4 nitrogen and oxygen atoms in total. The molecule has 0 spiro atoms. The van der Waals surface area contributed by atoms with Gasteiger partial charge in [-0.05, 0) is 12.1 Å². The van der Waals surface area contributed by atoms with Gasteiger partial charge < -0.3 is 10.6 Å². The van der Waals surface area contributed by atoms with E-state index < -0.39 is 0 Å². The molecule has 1 heterocycles. The first-order chi connectivity index (χ1) is 6.65. The fraction of sp³-hybridized carbons (Fsp3) is 0.333. The van der Waals surface area contributed by atoms with Gasteiger partial charge in [0.2, 0.25) is 0 Å². The molecule has 5 heteroatoms. The second-order valence-corrected chi connectivity index (χ2v) is 3.27. The Kier molecular flexibility index (Phi) is 3.85. The van der Waals surface area contributed by atoms with Gasteiger partial charge >= 0.3 is 0 Å². The second-order valence-electron chi connectivity index (χ2n) is 2.88. The molecule has 0 aliphatic heterocycles. The molecule has 1 rings (SSSR count). The molecule has 0 aliphatic rings. The van der Waals surface area contributed by atoms with E-state index in [1.807, 2.05) is 0 Å². The van der Waals surface area contributed by atoms with Crippen LogP contribution in [0.25, 0.3) is 0 Å². The zero-order valence-corrected chi connectivity index (χ0v) is 8.66. The summed E-state index contributed by atoms with van der Waals surface area (Å²) < 4.78 is 0. The molecule has 1 aromatic rings. The summed E-state index contributed by atoms with van der Waals surface area (Å²) in [5.41, 5.74) is 5.87. The predicted octanol–water partition coefficient (Wildman–Crippen LogP) is 0.766. The third-order valence-corrected chi connectivity index (χ3v) is 1.99. The maximum absolute atomic E-state index is 11.7. The summed E-state index contributed by atoms with van der Waals surface area (Å²) in [6.45, 7) is 0.972. The van der Waals surface area contributed by atoms with Crippen LogP contribution < -0.4 is 5.73 Å². The van der Waals surface area contributed by atoms with Crippen LogP contribution in [0.1, 0.15) is 10.4 Å². The van der Waals surface area contributed by atoms with E-state index in [0.717, 1.165) is 0 Å². The molecule has 76 valence electrons. The van der Waals surface area contributed by atoms with Crippen molar-refractivity contribution in [2.24, 2.45) is 5.73 Å². The van der Waals surface area contributed by atoms with Gasteiger partial charge in [-0.1, -0.05) is 11.6 Å². The van der Waals surface area contributed by atoms with Crippen molar-refractivity contribution in [3.63, 3.8) is 0 Å². The number of hydrogen-bond donors (Lipinski definition) is 1. The number of halogens is 1. The summed E-state index contributed by atoms with van der Waals surface area (Å²) in [5.74, 6) is -0.0975. The van der Waals surface area contributed by atoms with Gasteiger partial charge in [-0.15, -0.1) is 0 Å². The number of amides is 1. The lowest BCUT2D eigenvalue weighted by Crippen LogP contribution is -2.31. The molecule has 0 atom stereocenters. The second kappa shape index (κ2) is 4.93. The van der Waals surface area contributed by atoms with Crippen LogP contribution in [0.15, 0.2) is 18.3 Å². The van der Waals surface area contributed by atoms with Gasteiger partial charge in [-0.3, -0.25) is 4.79 Å². The quantitative estimate of drug-likeness (QED) is 0.755. The average Bonchev–Trinajstić information content (AvgIpc) is 2.17. The summed E-state index contributed by atoms with van der Waals surface area (Å²) in [6.07, 6.45) is 1.51. The minimum absolute atomic E-state index is 0.0975. The van der Waals surface area contributed by atoms with Gasteiger partial charge in [-0.2, -0.15) is 0 Å². The summed E-state index contributed by atoms with van der Waals surface area (Å²) >= 11 is 5.66. The van der Waals surface area contributed by atoms with E-state index >= 15 is 0 Å². The first kappa shape index (κ1) is 10.9. The first-order valence-corrected chi connectivity index (χ1v) is 4.60. The summed E-state index contributed by atoms with van der Waals surface area (Å²) in [5, 5.41) is 0.317. The third-order valence-electron chi connectivity index (χ3n) is 1.78. The highest BCUT2D eigenvalue weighted by molar-refractivity contribution is 6.29. The van der Waals surface area contributed by atoms with E-state index in [4.69, 9.17) is 17.3 Å². The third kappa shape index (κ3) is 2.68. The number of aromatic nitrogens is 1. The molecule has 0 saturated heterocycles. The zero-order valence-electron chi connectivity index (χ0n) is 7.90. The molecular formula is C9H12ClN3O. The normalized spacial score (nSPS) is 9.93. The molecule has 1 amide bonds. The highest BCUT2D eigenvalue weighted by Crippen LogP contribution is 2.08. The van der Waals surface area contributed by atoms with E-state index in [9.17, 15) is 4.79 Å². The molecule has 0 radical (unpaired) electrons. The lowest BCUT2D eigenvalue weighted by atomic mass is 10.2. The maximum Gasteiger partial charge on any atom is 0.253 e. The maximum atomic E-state index is 11.7. The Labute approximate surface area is 87.7 Å². The lowest BCUT2D eigenvalue weighted by Gasteiger charge is -2.15. The number of hydrogen-bond acceptors (Lipinski definition) is 3. The minimum Gasteiger partial charge on any atom is -0.340 e. The number of pyridine rings is 1. The number of carbonyl (C=O) groups excluding carboxylic acids is 1. The van der Waals surface area contributed by atoms with Crippen LogP contribution in [0, 0.1) is 0 Å². The van der Waals surface area contributed by atoms with Crippen molar-refractivity contribution >= 4 is 17.5 Å². The Hall–Kier alpha value is -1.13. The van der Waals surface area contributed by atoms with Crippen molar-refractivity contribution in [3.05, 3.63) is 29.0 Å². The molecular weight excluding hydrogens is 202 g/mol. The van der Waals surface area contributed by atoms with Crippen LogP contribution in [0.2, 0.25) is 5.15 Å². The lowest BCUT2D eigenvalue weighted by molar-refractivity contribution is 0.0799. The van der Waals surface area contributed by atoms with Crippen LogP contribution in [-0.2, 0) is 0 Å². The van der Waals surface area contributed by atoms with Gasteiger partial charge in [-0.25, -0.2) is 4.98 Å². The Morgan fingerprint density at radius 1 is 1.71 bits per heavy atom. The van der Waals surface area contributed by atoms with Crippen LogP contribution in [0.5, 0.6) is 0 Å². The molecule has 0 bridgehead atoms. The molecule has 0 aliphatic carbocycles. The van der Waals surface area contributed by atoms with Crippen LogP contribution >= 0.6 is 11.6 Å². The number of likely N-dealkylation sites (N-methyl/N-ethyl adjacent to an activating group) is 1. The molecule has 2 N–H and O–H groups in total. The Bertz CT molecular complexity index is 330. The zero-order chi connectivity index (χ0) is 10.6. The highest BCUT2D eigenvalue weighted by Gasteiger charge is 2.10. The summed E-state index contributed by atoms with van der Waals surface area (Å²) in [7, 11) is 1.70. The smallest absolute Gasteiger partial charge is 0.253 e. The number of nitrogens with two attached hydrogens (primary N) is 1. The highest BCUT2D eigenvalue weighted by atomic mass is 35.5. The van der Waals surface area contributed by atoms with Gasteiger partial charge in [0.25, 0.3) is 5.91 Å². The van der Waals surface area contributed by atoms with Crippen molar-refractivity contribution < 1.29 is 4.79 Å². The van der Waals surface area contributed by atoms with Crippen LogP contribution in [-0.4, -0.2) is 35.9 Å². The fourth-order valence-electron chi connectivity index (χ4n) is 1.05. The van der Waals surface area contributed by atoms with Gasteiger partial charge in [0.1, 0.15) is 5.15 Å². The summed E-state index contributed by atoms with van der Waals surface area (Å²) in [6, 6.07) is 3.16. The van der Waals surface area contributed by atoms with Crippen molar-refractivity contribution in [2.75, 3.05) is 20.1 Å². The Morgan fingerprint density at radius 3 is 3.00 bits per heavy atom. The Balaban J connectivity index is 2.78. The van der Waals surface area contributed by atoms with Gasteiger partial charge in [0.15, 0.2) is 0 Å². The molecule has 0 fully saturated rings. The SMILES string of the molecule is CN(CCN)C(=O)c1ccnc(Cl)c1. The predicted molar refractivity (Wildman–Crippen MR) is 55.3 cm³/mol. The monoisotopic (exact) mass is 213 g/mol. The largest absolute Gasteiger partial charge is 0.340 e. The average molecular weight is 214 g/mol. The van der Waals surface area contributed by atoms with E-state index in [1.165, 1.54) is 12.3 Å².